The molecular formula is C31H41N5S. The Kier molecular flexibility index (Phi) is 11.9. The molecule has 3 aromatic rings. The van der Waals surface area contributed by atoms with Crippen molar-refractivity contribution in [2.24, 2.45) is 0 Å². The molecule has 37 heavy (non-hydrogen) atoms. The van der Waals surface area contributed by atoms with Gasteiger partial charge < -0.3 is 16.0 Å². The molecule has 1 aromatic heterocycles. The van der Waals surface area contributed by atoms with E-state index in [0.29, 0.717) is 11.2 Å². The first kappa shape index (κ1) is 28.6. The minimum absolute atomic E-state index is 0.613. The van der Waals surface area contributed by atoms with Crippen LogP contribution in [0.1, 0.15) is 69.2 Å². The number of allylic oxidation sites excluding steroid dienone is 1. The van der Waals surface area contributed by atoms with E-state index < -0.39 is 0 Å². The van der Waals surface area contributed by atoms with Gasteiger partial charge >= 0.3 is 0 Å². The highest BCUT2D eigenvalue weighted by Crippen LogP contribution is 2.30. The molecule has 2 aliphatic rings. The fourth-order valence-corrected chi connectivity index (χ4v) is 5.47. The van der Waals surface area contributed by atoms with Crippen LogP contribution in [0.15, 0.2) is 65.8 Å². The molecule has 1 aliphatic heterocycles. The number of thioether (sulfide) groups is 1. The lowest BCUT2D eigenvalue weighted by Gasteiger charge is -2.22. The van der Waals surface area contributed by atoms with Crippen molar-refractivity contribution in [1.82, 2.24) is 15.3 Å². The van der Waals surface area contributed by atoms with Crippen molar-refractivity contribution in [3.63, 3.8) is 0 Å². The van der Waals surface area contributed by atoms with Crippen molar-refractivity contribution in [1.29, 1.82) is 5.41 Å². The minimum Gasteiger partial charge on any atom is -0.324 e. The van der Waals surface area contributed by atoms with Crippen molar-refractivity contribution in [2.75, 3.05) is 18.4 Å². The fraction of sp³-hybridized carbons (Fsp3) is 0.387. The number of fused-ring (bicyclic) bond motifs is 1. The summed E-state index contributed by atoms with van der Waals surface area (Å²) in [6.07, 6.45) is 13.1. The first-order valence-corrected chi connectivity index (χ1v) is 14.5. The molecule has 5 nitrogen and oxygen atoms in total. The number of benzene rings is 2. The summed E-state index contributed by atoms with van der Waals surface area (Å²) in [7, 11) is 0. The number of nitrogens with zero attached hydrogens (tertiary/aromatic N) is 2. The Morgan fingerprint density at radius 1 is 0.973 bits per heavy atom. The summed E-state index contributed by atoms with van der Waals surface area (Å²) in [5.41, 5.74) is 6.43. The second kappa shape index (κ2) is 15.3. The van der Waals surface area contributed by atoms with Gasteiger partial charge in [0.05, 0.1) is 0 Å². The average Bonchev–Trinajstić information content (AvgIpc) is 3.33. The zero-order valence-corrected chi connectivity index (χ0v) is 23.5. The van der Waals surface area contributed by atoms with Gasteiger partial charge in [-0.3, -0.25) is 0 Å². The Bertz CT molecular complexity index is 1130. The highest BCUT2D eigenvalue weighted by Gasteiger charge is 2.16. The molecule has 3 N–H and O–H groups in total. The van der Waals surface area contributed by atoms with Crippen LogP contribution in [0.4, 0.5) is 11.6 Å². The van der Waals surface area contributed by atoms with Gasteiger partial charge in [-0.05, 0) is 91.7 Å². The standard InChI is InChI=1S/C27H29N5S.2C2H6/c28-26-11-5-21-16-19(4-10-25(21)26)2-1-3-20-17-30-27(31-18-20)32-22-6-8-23(9-7-22)33-24-12-14-29-15-13-24;2*1-2/h1-2,4,6-10,16-18,24,28-29H,3,5,11-15H2,(H,30,31,32);2*1-2H3. The van der Waals surface area contributed by atoms with Gasteiger partial charge in [-0.2, -0.15) is 0 Å². The largest absolute Gasteiger partial charge is 0.324 e. The summed E-state index contributed by atoms with van der Waals surface area (Å²) in [4.78, 5) is 10.3. The maximum atomic E-state index is 7.96. The molecule has 2 aromatic carbocycles. The summed E-state index contributed by atoms with van der Waals surface area (Å²) in [5, 5.41) is 15.4. The van der Waals surface area contributed by atoms with E-state index in [9.17, 15) is 0 Å². The van der Waals surface area contributed by atoms with Crippen LogP contribution in [0.25, 0.3) is 6.08 Å². The molecule has 0 spiro atoms. The normalized spacial score (nSPS) is 14.9. The third kappa shape index (κ3) is 8.54. The van der Waals surface area contributed by atoms with Crippen molar-refractivity contribution in [3.05, 3.63) is 83.2 Å². The van der Waals surface area contributed by atoms with Gasteiger partial charge in [0.1, 0.15) is 0 Å². The van der Waals surface area contributed by atoms with E-state index in [4.69, 9.17) is 5.41 Å². The molecule has 1 aliphatic carbocycles. The molecular weight excluding hydrogens is 474 g/mol. The molecule has 0 radical (unpaired) electrons. The molecule has 1 fully saturated rings. The number of rotatable bonds is 7. The smallest absolute Gasteiger partial charge is 0.227 e. The van der Waals surface area contributed by atoms with Crippen molar-refractivity contribution in [2.45, 2.75) is 69.9 Å². The predicted octanol–water partition coefficient (Wildman–Crippen LogP) is 7.69. The molecule has 0 unspecified atom stereocenters. The van der Waals surface area contributed by atoms with Crippen molar-refractivity contribution >= 4 is 35.2 Å². The minimum atomic E-state index is 0.613. The Balaban J connectivity index is 0.000000907. The van der Waals surface area contributed by atoms with Gasteiger partial charge in [-0.15, -0.1) is 11.8 Å². The lowest BCUT2D eigenvalue weighted by molar-refractivity contribution is 0.531. The monoisotopic (exact) mass is 515 g/mol. The van der Waals surface area contributed by atoms with Gasteiger partial charge in [-0.1, -0.05) is 58.0 Å². The van der Waals surface area contributed by atoms with E-state index in [1.54, 1.807) is 0 Å². The Morgan fingerprint density at radius 3 is 2.38 bits per heavy atom. The summed E-state index contributed by atoms with van der Waals surface area (Å²) in [6.45, 7) is 10.3. The van der Waals surface area contributed by atoms with Crippen LogP contribution < -0.4 is 10.6 Å². The Hall–Kier alpha value is -2.96. The van der Waals surface area contributed by atoms with E-state index in [0.717, 1.165) is 54.9 Å². The van der Waals surface area contributed by atoms with Crippen LogP contribution >= 0.6 is 11.8 Å². The number of hydrogen-bond acceptors (Lipinski definition) is 6. The second-order valence-electron chi connectivity index (χ2n) is 8.63. The molecule has 0 atom stereocenters. The van der Waals surface area contributed by atoms with Crippen molar-refractivity contribution < 1.29 is 0 Å². The summed E-state index contributed by atoms with van der Waals surface area (Å²) >= 11 is 1.98. The number of aryl methyl sites for hydroxylation is 1. The van der Waals surface area contributed by atoms with E-state index in [2.05, 4.69) is 75.2 Å². The molecule has 1 saturated heterocycles. The SMILES string of the molecule is CC.CC.N=C1CCc2cc(C=CCc3cnc(Nc4ccc(SC5CCNCC5)cc4)nc3)ccc21. The quantitative estimate of drug-likeness (QED) is 0.301. The third-order valence-electron chi connectivity index (χ3n) is 6.17. The molecule has 0 bridgehead atoms. The lowest BCUT2D eigenvalue weighted by Crippen LogP contribution is -2.29. The first-order valence-electron chi connectivity index (χ1n) is 13.7. The maximum absolute atomic E-state index is 7.96. The zero-order chi connectivity index (χ0) is 26.5. The summed E-state index contributed by atoms with van der Waals surface area (Å²) in [5.74, 6) is 0.613. The van der Waals surface area contributed by atoms with E-state index in [1.807, 2.05) is 51.9 Å². The third-order valence-corrected chi connectivity index (χ3v) is 7.52. The summed E-state index contributed by atoms with van der Waals surface area (Å²) < 4.78 is 0. The number of aromatic nitrogens is 2. The molecule has 0 amide bonds. The van der Waals surface area contributed by atoms with Crippen LogP contribution in [0.3, 0.4) is 0 Å². The van der Waals surface area contributed by atoms with Gasteiger partial charge in [0, 0.05) is 33.9 Å². The van der Waals surface area contributed by atoms with Crippen LogP contribution in [0, 0.1) is 5.41 Å². The molecule has 5 rings (SSSR count). The molecule has 0 saturated carbocycles. The average molecular weight is 516 g/mol. The van der Waals surface area contributed by atoms with E-state index >= 15 is 0 Å². The van der Waals surface area contributed by atoms with Crippen LogP contribution in [-0.2, 0) is 12.8 Å². The van der Waals surface area contributed by atoms with Crippen LogP contribution in [-0.4, -0.2) is 34.0 Å². The maximum Gasteiger partial charge on any atom is 0.227 e. The molecule has 6 heteroatoms. The van der Waals surface area contributed by atoms with Crippen LogP contribution in [0.2, 0.25) is 0 Å². The Labute approximate surface area is 227 Å². The lowest BCUT2D eigenvalue weighted by atomic mass is 10.1. The second-order valence-corrected chi connectivity index (χ2v) is 10.0. The number of nitrogens with one attached hydrogen (secondary N) is 3. The van der Waals surface area contributed by atoms with E-state index in [1.165, 1.54) is 28.9 Å². The molecule has 2 heterocycles. The number of anilines is 2. The van der Waals surface area contributed by atoms with E-state index in [-0.39, 0.29) is 0 Å². The zero-order valence-electron chi connectivity index (χ0n) is 22.7. The Morgan fingerprint density at radius 2 is 1.68 bits per heavy atom. The highest BCUT2D eigenvalue weighted by molar-refractivity contribution is 8.00. The van der Waals surface area contributed by atoms with Gasteiger partial charge in [-0.25, -0.2) is 9.97 Å². The predicted molar refractivity (Wildman–Crippen MR) is 161 cm³/mol. The summed E-state index contributed by atoms with van der Waals surface area (Å²) in [6, 6.07) is 14.9. The highest BCUT2D eigenvalue weighted by atomic mass is 32.2. The van der Waals surface area contributed by atoms with Gasteiger partial charge in [0.2, 0.25) is 5.95 Å². The number of hydrogen-bond donors (Lipinski definition) is 3. The first-order chi connectivity index (χ1) is 18.2. The van der Waals surface area contributed by atoms with Crippen LogP contribution in [0.5, 0.6) is 0 Å². The molecule has 196 valence electrons. The van der Waals surface area contributed by atoms with Gasteiger partial charge in [0.15, 0.2) is 0 Å². The number of piperidine rings is 1. The fourth-order valence-electron chi connectivity index (χ4n) is 4.32. The topological polar surface area (TPSA) is 73.7 Å². The van der Waals surface area contributed by atoms with Gasteiger partial charge in [0.25, 0.3) is 0 Å². The van der Waals surface area contributed by atoms with Crippen molar-refractivity contribution in [3.8, 4) is 0 Å².